The summed E-state index contributed by atoms with van der Waals surface area (Å²) < 4.78 is 5.38. The van der Waals surface area contributed by atoms with Crippen LogP contribution in [0.4, 0.5) is 0 Å². The summed E-state index contributed by atoms with van der Waals surface area (Å²) in [5, 5.41) is 24.7. The van der Waals surface area contributed by atoms with Crippen LogP contribution in [0.2, 0.25) is 5.02 Å². The Kier molecular flexibility index (Phi) is 12.2. The van der Waals surface area contributed by atoms with E-state index in [4.69, 9.17) is 16.1 Å². The molecule has 1 fully saturated rings. The van der Waals surface area contributed by atoms with Gasteiger partial charge in [0.15, 0.2) is 11.5 Å². The van der Waals surface area contributed by atoms with Gasteiger partial charge in [-0.3, -0.25) is 28.8 Å². The van der Waals surface area contributed by atoms with Crippen LogP contribution in [0, 0.1) is 11.8 Å². The molecule has 6 amide bonds. The number of aliphatic hydroxyl groups excluding tert-OH is 1. The van der Waals surface area contributed by atoms with Crippen molar-refractivity contribution in [3.63, 3.8) is 0 Å². The molecule has 15 nitrogen and oxygen atoms in total. The van der Waals surface area contributed by atoms with Crippen molar-refractivity contribution in [1.82, 2.24) is 36.2 Å². The molecule has 2 aliphatic rings. The summed E-state index contributed by atoms with van der Waals surface area (Å²) >= 11 is 6.22. The van der Waals surface area contributed by atoms with Gasteiger partial charge in [-0.2, -0.15) is 0 Å². The fourth-order valence-electron chi connectivity index (χ4n) is 5.57. The standard InChI is InChI=1S/C32H42ClN7O8/c1-17(2)25-29(44)34-11-14-40(31(46)20-9-12-39(13-10-20)32(47)22-7-5-6-8-23(22)33)16-21-15-24(38-48-21)28(43)37-26(19(4)41)30(45)35-18(3)27(42)36-25/h5-8,15,17-20,25-26,41H,9-14,16H2,1-4H3,(H,34,44)(H,35,45)(H,36,42)(H,37,43)/t18-,19+,25-,26-/m0/s1. The first-order valence-electron chi connectivity index (χ1n) is 15.9. The van der Waals surface area contributed by atoms with Gasteiger partial charge in [0.05, 0.1) is 23.2 Å². The lowest BCUT2D eigenvalue weighted by atomic mass is 9.94. The van der Waals surface area contributed by atoms with Gasteiger partial charge in [-0.15, -0.1) is 0 Å². The summed E-state index contributed by atoms with van der Waals surface area (Å²) in [6, 6.07) is 4.60. The summed E-state index contributed by atoms with van der Waals surface area (Å²) in [4.78, 5) is 82.2. The number of nitrogens with one attached hydrogen (secondary N) is 4. The molecule has 260 valence electrons. The Morgan fingerprint density at radius 2 is 1.62 bits per heavy atom. The average Bonchev–Trinajstić information content (AvgIpc) is 3.53. The highest BCUT2D eigenvalue weighted by Crippen LogP contribution is 2.24. The van der Waals surface area contributed by atoms with Crippen molar-refractivity contribution in [3.8, 4) is 0 Å². The van der Waals surface area contributed by atoms with Crippen LogP contribution in [0.25, 0.3) is 0 Å². The molecule has 2 bridgehead atoms. The quantitative estimate of drug-likeness (QED) is 0.303. The second-order valence-electron chi connectivity index (χ2n) is 12.4. The van der Waals surface area contributed by atoms with Crippen LogP contribution in [0.15, 0.2) is 34.9 Å². The molecule has 1 aromatic heterocycles. The van der Waals surface area contributed by atoms with Gasteiger partial charge in [-0.1, -0.05) is 42.7 Å². The number of piperidine rings is 1. The Morgan fingerprint density at radius 1 is 0.938 bits per heavy atom. The highest BCUT2D eigenvalue weighted by Gasteiger charge is 2.34. The van der Waals surface area contributed by atoms with Crippen molar-refractivity contribution in [1.29, 1.82) is 0 Å². The van der Waals surface area contributed by atoms with Crippen molar-refractivity contribution >= 4 is 47.0 Å². The van der Waals surface area contributed by atoms with Gasteiger partial charge in [-0.05, 0) is 44.7 Å². The van der Waals surface area contributed by atoms with Crippen LogP contribution in [0.5, 0.6) is 0 Å². The molecule has 2 aliphatic heterocycles. The summed E-state index contributed by atoms with van der Waals surface area (Å²) in [7, 11) is 0. The normalized spacial score (nSPS) is 22.9. The van der Waals surface area contributed by atoms with Crippen molar-refractivity contribution < 1.29 is 38.4 Å². The maximum Gasteiger partial charge on any atom is 0.274 e. The predicted octanol–water partition coefficient (Wildman–Crippen LogP) is 0.464. The van der Waals surface area contributed by atoms with Crippen molar-refractivity contribution in [2.45, 2.75) is 71.3 Å². The fraction of sp³-hybridized carbons (Fsp3) is 0.531. The number of carbonyl (C=O) groups is 6. The van der Waals surface area contributed by atoms with E-state index in [9.17, 15) is 33.9 Å². The van der Waals surface area contributed by atoms with Gasteiger partial charge >= 0.3 is 0 Å². The molecular formula is C32H42ClN7O8. The number of nitrogens with zero attached hydrogens (tertiary/aromatic N) is 3. The van der Waals surface area contributed by atoms with Gasteiger partial charge in [0, 0.05) is 38.2 Å². The zero-order valence-corrected chi connectivity index (χ0v) is 28.1. The number of likely N-dealkylation sites (tertiary alicyclic amines) is 1. The molecule has 4 atom stereocenters. The van der Waals surface area contributed by atoms with E-state index in [1.807, 2.05) is 0 Å². The second-order valence-corrected chi connectivity index (χ2v) is 12.8. The molecule has 1 aromatic carbocycles. The van der Waals surface area contributed by atoms with Crippen LogP contribution in [-0.4, -0.2) is 106 Å². The first kappa shape index (κ1) is 36.3. The summed E-state index contributed by atoms with van der Waals surface area (Å²) in [6.07, 6.45) is -0.552. The Hall–Kier alpha value is -4.50. The van der Waals surface area contributed by atoms with E-state index in [0.717, 1.165) is 0 Å². The highest BCUT2D eigenvalue weighted by molar-refractivity contribution is 6.33. The summed E-state index contributed by atoms with van der Waals surface area (Å²) in [5.41, 5.74) is 0.199. The van der Waals surface area contributed by atoms with Gasteiger partial charge in [0.25, 0.3) is 11.8 Å². The number of benzene rings is 1. The first-order valence-corrected chi connectivity index (χ1v) is 16.3. The van der Waals surface area contributed by atoms with Gasteiger partial charge in [0.2, 0.25) is 23.6 Å². The number of aromatic nitrogens is 1. The molecule has 0 radical (unpaired) electrons. The van der Waals surface area contributed by atoms with Gasteiger partial charge < -0.3 is 40.7 Å². The Labute approximate surface area is 283 Å². The lowest BCUT2D eigenvalue weighted by molar-refractivity contribution is -0.138. The van der Waals surface area contributed by atoms with Crippen LogP contribution in [0.1, 0.15) is 67.1 Å². The molecular weight excluding hydrogens is 646 g/mol. The third-order valence-electron chi connectivity index (χ3n) is 8.42. The van der Waals surface area contributed by atoms with Gasteiger partial charge in [0.1, 0.15) is 18.1 Å². The van der Waals surface area contributed by atoms with Crippen LogP contribution in [0.3, 0.4) is 0 Å². The van der Waals surface area contributed by atoms with Crippen LogP contribution < -0.4 is 21.3 Å². The molecule has 0 saturated carbocycles. The minimum absolute atomic E-state index is 0.0390. The molecule has 2 aromatic rings. The monoisotopic (exact) mass is 687 g/mol. The predicted molar refractivity (Wildman–Crippen MR) is 172 cm³/mol. The average molecular weight is 688 g/mol. The topological polar surface area (TPSA) is 203 Å². The summed E-state index contributed by atoms with van der Waals surface area (Å²) in [5.74, 6) is -3.80. The Balaban J connectivity index is 1.54. The number of rotatable bonds is 4. The van der Waals surface area contributed by atoms with E-state index in [1.54, 1.807) is 43.0 Å². The number of amides is 6. The number of aliphatic hydroxyl groups is 1. The van der Waals surface area contributed by atoms with E-state index >= 15 is 0 Å². The third-order valence-corrected chi connectivity index (χ3v) is 8.75. The van der Waals surface area contributed by atoms with Crippen molar-refractivity contribution in [3.05, 3.63) is 52.4 Å². The van der Waals surface area contributed by atoms with Crippen molar-refractivity contribution in [2.75, 3.05) is 26.2 Å². The van der Waals surface area contributed by atoms with Crippen LogP contribution in [-0.2, 0) is 25.7 Å². The number of fused-ring (bicyclic) bond motifs is 2. The lowest BCUT2D eigenvalue weighted by Crippen LogP contribution is -2.59. The number of hydrogen-bond acceptors (Lipinski definition) is 9. The van der Waals surface area contributed by atoms with E-state index in [2.05, 4.69) is 26.4 Å². The molecule has 0 aliphatic carbocycles. The Morgan fingerprint density at radius 3 is 2.27 bits per heavy atom. The Bertz CT molecular complexity index is 1520. The highest BCUT2D eigenvalue weighted by atomic mass is 35.5. The van der Waals surface area contributed by atoms with Gasteiger partial charge in [-0.25, -0.2) is 0 Å². The van der Waals surface area contributed by atoms with Crippen molar-refractivity contribution in [2.24, 2.45) is 11.8 Å². The molecule has 3 heterocycles. The minimum Gasteiger partial charge on any atom is -0.391 e. The zero-order chi connectivity index (χ0) is 35.1. The van der Waals surface area contributed by atoms with Crippen LogP contribution >= 0.6 is 11.6 Å². The molecule has 0 unspecified atom stereocenters. The zero-order valence-electron chi connectivity index (χ0n) is 27.3. The molecule has 16 heteroatoms. The third kappa shape index (κ3) is 8.89. The fourth-order valence-corrected chi connectivity index (χ4v) is 5.79. The molecule has 5 N–H and O–H groups in total. The second kappa shape index (κ2) is 16.1. The SMILES string of the molecule is CC(C)[C@@H]1NC(=O)[C@H](C)NC(=O)[C@H]([C@@H](C)O)NC(=O)c2cc(on2)CN(C(=O)C2CCN(C(=O)c3ccccc3Cl)CC2)CCNC1=O. The molecule has 0 spiro atoms. The molecule has 4 rings (SSSR count). The smallest absolute Gasteiger partial charge is 0.274 e. The maximum atomic E-state index is 13.9. The number of hydrogen-bond donors (Lipinski definition) is 5. The molecule has 48 heavy (non-hydrogen) atoms. The number of halogens is 1. The van der Waals surface area contributed by atoms with E-state index < -0.39 is 53.8 Å². The van der Waals surface area contributed by atoms with E-state index in [1.165, 1.54) is 24.8 Å². The first-order chi connectivity index (χ1) is 22.8. The summed E-state index contributed by atoms with van der Waals surface area (Å²) in [6.45, 7) is 6.90. The van der Waals surface area contributed by atoms with E-state index in [-0.39, 0.29) is 48.8 Å². The number of carbonyl (C=O) groups excluding carboxylic acids is 6. The molecule has 1 saturated heterocycles. The largest absolute Gasteiger partial charge is 0.391 e. The minimum atomic E-state index is -1.44. The van der Waals surface area contributed by atoms with E-state index in [0.29, 0.717) is 36.5 Å². The maximum absolute atomic E-state index is 13.9. The lowest BCUT2D eigenvalue weighted by Gasteiger charge is -2.34.